The monoisotopic (exact) mass is 593 g/mol. The molecule has 0 N–H and O–H groups in total. The number of para-hydroxylation sites is 1. The van der Waals surface area contributed by atoms with Gasteiger partial charge in [0, 0.05) is 34.5 Å². The minimum atomic E-state index is -1.10. The number of nitrogens with zero attached hydrogens (tertiary/aromatic N) is 1. The van der Waals surface area contributed by atoms with Crippen LogP contribution in [0.5, 0.6) is 0 Å². The summed E-state index contributed by atoms with van der Waals surface area (Å²) in [6.45, 7) is 7.90. The SMILES string of the molecule is CC(C)=Cc1c(CS(C)(C)C2C(C)=Cc3c2cccc3N2CCCc3ccccc32)cccc1-c1cccc2ccccc12. The molecule has 44 heavy (non-hydrogen) atoms. The van der Waals surface area contributed by atoms with Gasteiger partial charge in [0.15, 0.2) is 0 Å². The predicted octanol–water partition coefficient (Wildman–Crippen LogP) is 11.7. The lowest BCUT2D eigenvalue weighted by molar-refractivity contribution is 0.766. The van der Waals surface area contributed by atoms with E-state index in [2.05, 4.69) is 153 Å². The fourth-order valence-electron chi connectivity index (χ4n) is 7.75. The number of fused-ring (bicyclic) bond motifs is 3. The van der Waals surface area contributed by atoms with Crippen molar-refractivity contribution in [2.45, 2.75) is 44.6 Å². The Kier molecular flexibility index (Phi) is 7.50. The fourth-order valence-corrected chi connectivity index (χ4v) is 10.9. The highest BCUT2D eigenvalue weighted by molar-refractivity contribution is 8.32. The molecule has 7 rings (SSSR count). The Labute approximate surface area is 265 Å². The Morgan fingerprint density at radius 2 is 1.50 bits per heavy atom. The quantitative estimate of drug-likeness (QED) is 0.189. The summed E-state index contributed by atoms with van der Waals surface area (Å²) in [5, 5.41) is 3.05. The average molecular weight is 594 g/mol. The summed E-state index contributed by atoms with van der Waals surface area (Å²) in [6, 6.07) is 38.5. The molecule has 1 atom stereocenters. The molecule has 5 aromatic rings. The number of benzene rings is 5. The van der Waals surface area contributed by atoms with Gasteiger partial charge in [-0.3, -0.25) is 0 Å². The van der Waals surface area contributed by atoms with Gasteiger partial charge in [0.05, 0.1) is 0 Å². The molecule has 1 nitrogen and oxygen atoms in total. The first-order valence-electron chi connectivity index (χ1n) is 15.9. The lowest BCUT2D eigenvalue weighted by Crippen LogP contribution is -2.25. The van der Waals surface area contributed by atoms with E-state index in [0.717, 1.165) is 12.3 Å². The van der Waals surface area contributed by atoms with Crippen LogP contribution in [0.25, 0.3) is 34.1 Å². The molecule has 222 valence electrons. The maximum Gasteiger partial charge on any atom is 0.0487 e. The summed E-state index contributed by atoms with van der Waals surface area (Å²) in [7, 11) is -1.10. The second kappa shape index (κ2) is 11.5. The lowest BCUT2D eigenvalue weighted by Gasteiger charge is -2.41. The molecular formula is C42H43NS. The Morgan fingerprint density at radius 1 is 0.795 bits per heavy atom. The molecule has 0 saturated carbocycles. The number of allylic oxidation sites excluding steroid dienone is 1. The molecule has 1 heterocycles. The standard InChI is InChI=1S/C42H43NS/c1-29(2)26-38-33(17-11-21-36(38)35-20-10-16-31-14-6-8-19-34(31)35)28-44(4,5)42-30(3)27-39-37(42)22-12-24-41(39)43-25-13-18-32-15-7-9-23-40(32)43/h6-12,14-17,19-24,26-27,42H,13,18,25,28H2,1-5H3. The number of hydrogen-bond donors (Lipinski definition) is 0. The van der Waals surface area contributed by atoms with Crippen LogP contribution in [0.4, 0.5) is 11.4 Å². The maximum atomic E-state index is 2.58. The first-order chi connectivity index (χ1) is 21.3. The van der Waals surface area contributed by atoms with Crippen molar-refractivity contribution in [3.63, 3.8) is 0 Å². The molecule has 0 bridgehead atoms. The molecule has 0 amide bonds. The number of anilines is 2. The van der Waals surface area contributed by atoms with Crippen molar-refractivity contribution in [1.29, 1.82) is 0 Å². The predicted molar refractivity (Wildman–Crippen MR) is 196 cm³/mol. The molecule has 0 radical (unpaired) electrons. The average Bonchev–Trinajstić information content (AvgIpc) is 3.38. The van der Waals surface area contributed by atoms with Crippen LogP contribution in [-0.4, -0.2) is 19.1 Å². The summed E-state index contributed by atoms with van der Waals surface area (Å²) in [5.41, 5.74) is 15.5. The Balaban J connectivity index is 1.29. The highest BCUT2D eigenvalue weighted by atomic mass is 32.3. The molecule has 0 saturated heterocycles. The van der Waals surface area contributed by atoms with E-state index in [-0.39, 0.29) is 0 Å². The second-order valence-electron chi connectivity index (χ2n) is 13.3. The van der Waals surface area contributed by atoms with Gasteiger partial charge in [0.25, 0.3) is 0 Å². The summed E-state index contributed by atoms with van der Waals surface area (Å²) in [6.07, 6.45) is 12.4. The van der Waals surface area contributed by atoms with Crippen molar-refractivity contribution in [3.8, 4) is 11.1 Å². The van der Waals surface area contributed by atoms with Gasteiger partial charge in [-0.1, -0.05) is 114 Å². The van der Waals surface area contributed by atoms with E-state index in [1.807, 2.05) is 0 Å². The fraction of sp³-hybridized carbons (Fsp3) is 0.238. The van der Waals surface area contributed by atoms with Crippen LogP contribution in [0.2, 0.25) is 0 Å². The van der Waals surface area contributed by atoms with Crippen LogP contribution in [-0.2, 0) is 12.2 Å². The zero-order valence-corrected chi connectivity index (χ0v) is 27.5. The van der Waals surface area contributed by atoms with Gasteiger partial charge >= 0.3 is 0 Å². The summed E-state index contributed by atoms with van der Waals surface area (Å²) < 4.78 is 0. The molecule has 2 aliphatic rings. The van der Waals surface area contributed by atoms with Crippen LogP contribution in [0, 0.1) is 0 Å². The molecule has 1 aliphatic heterocycles. The first kappa shape index (κ1) is 28.7. The van der Waals surface area contributed by atoms with E-state index in [1.165, 1.54) is 85.1 Å². The zero-order chi connectivity index (χ0) is 30.4. The first-order valence-corrected chi connectivity index (χ1v) is 18.6. The van der Waals surface area contributed by atoms with Gasteiger partial charge in [0.1, 0.15) is 0 Å². The van der Waals surface area contributed by atoms with E-state index in [0.29, 0.717) is 5.25 Å². The van der Waals surface area contributed by atoms with E-state index in [4.69, 9.17) is 0 Å². The molecule has 0 fully saturated rings. The third kappa shape index (κ3) is 5.10. The molecule has 1 unspecified atom stereocenters. The number of hydrogen-bond acceptors (Lipinski definition) is 1. The number of rotatable bonds is 6. The van der Waals surface area contributed by atoms with Gasteiger partial charge in [-0.15, -0.1) is 0 Å². The Bertz CT molecular complexity index is 1930. The minimum absolute atomic E-state index is 0.443. The molecule has 0 aromatic heterocycles. The van der Waals surface area contributed by atoms with Crippen LogP contribution in [0.15, 0.2) is 114 Å². The van der Waals surface area contributed by atoms with Crippen molar-refractivity contribution in [2.75, 3.05) is 24.0 Å². The smallest absolute Gasteiger partial charge is 0.0487 e. The van der Waals surface area contributed by atoms with Gasteiger partial charge in [-0.25, -0.2) is 10.0 Å². The lowest BCUT2D eigenvalue weighted by atomic mass is 9.91. The molecule has 1 aliphatic carbocycles. The van der Waals surface area contributed by atoms with Gasteiger partial charge < -0.3 is 4.90 Å². The van der Waals surface area contributed by atoms with E-state index < -0.39 is 10.0 Å². The van der Waals surface area contributed by atoms with Crippen molar-refractivity contribution < 1.29 is 0 Å². The molecule has 2 heteroatoms. The molecule has 0 spiro atoms. The van der Waals surface area contributed by atoms with Gasteiger partial charge in [0.2, 0.25) is 0 Å². The van der Waals surface area contributed by atoms with Gasteiger partial charge in [-0.2, -0.15) is 0 Å². The van der Waals surface area contributed by atoms with E-state index >= 15 is 0 Å². The van der Waals surface area contributed by atoms with Crippen molar-refractivity contribution in [1.82, 2.24) is 0 Å². The number of aryl methyl sites for hydroxylation is 1. The minimum Gasteiger partial charge on any atom is -0.341 e. The summed E-state index contributed by atoms with van der Waals surface area (Å²) in [5.74, 6) is 1.08. The van der Waals surface area contributed by atoms with E-state index in [9.17, 15) is 0 Å². The largest absolute Gasteiger partial charge is 0.341 e. The maximum absolute atomic E-state index is 2.58. The van der Waals surface area contributed by atoms with Crippen LogP contribution < -0.4 is 4.90 Å². The second-order valence-corrected chi connectivity index (χ2v) is 17.3. The highest BCUT2D eigenvalue weighted by Gasteiger charge is 2.35. The summed E-state index contributed by atoms with van der Waals surface area (Å²) in [4.78, 5) is 2.58. The van der Waals surface area contributed by atoms with Crippen LogP contribution in [0.3, 0.4) is 0 Å². The van der Waals surface area contributed by atoms with Crippen molar-refractivity contribution >= 4 is 44.3 Å². The molecular weight excluding hydrogens is 551 g/mol. The zero-order valence-electron chi connectivity index (χ0n) is 26.7. The van der Waals surface area contributed by atoms with E-state index in [1.54, 1.807) is 0 Å². The topological polar surface area (TPSA) is 3.24 Å². The molecule has 5 aromatic carbocycles. The van der Waals surface area contributed by atoms with Crippen LogP contribution in [0.1, 0.15) is 60.3 Å². The third-order valence-corrected chi connectivity index (χ3v) is 12.4. The van der Waals surface area contributed by atoms with Crippen LogP contribution >= 0.6 is 10.0 Å². The van der Waals surface area contributed by atoms with Gasteiger partial charge in [-0.05, 0) is 102 Å². The third-order valence-electron chi connectivity index (χ3n) is 9.46. The Hall–Kier alpha value is -4.01. The van der Waals surface area contributed by atoms with Crippen molar-refractivity contribution in [3.05, 3.63) is 142 Å². The summed E-state index contributed by atoms with van der Waals surface area (Å²) >= 11 is 0. The highest BCUT2D eigenvalue weighted by Crippen LogP contribution is 2.64. The normalized spacial score (nSPS) is 16.3. The Morgan fingerprint density at radius 3 is 2.36 bits per heavy atom. The van der Waals surface area contributed by atoms with Crippen molar-refractivity contribution in [2.24, 2.45) is 0 Å².